The number of esters is 1. The van der Waals surface area contributed by atoms with Crippen LogP contribution < -0.4 is 11.5 Å². The van der Waals surface area contributed by atoms with Crippen molar-refractivity contribution in [3.05, 3.63) is 17.8 Å². The molecule has 0 saturated heterocycles. The third-order valence-electron chi connectivity index (χ3n) is 1.72. The Bertz CT molecular complexity index is 446. The molecule has 0 aliphatic heterocycles. The second-order valence-electron chi connectivity index (χ2n) is 2.98. The Morgan fingerprint density at radius 2 is 2.31 bits per heavy atom. The fraction of sp³-hybridized carbons (Fsp3) is 0.273. The molecule has 0 spiro atoms. The number of rotatable bonds is 2. The van der Waals surface area contributed by atoms with Crippen LogP contribution in [-0.4, -0.2) is 17.6 Å². The molecule has 0 aliphatic carbocycles. The smallest absolute Gasteiger partial charge is 0.317 e. The lowest BCUT2D eigenvalue weighted by molar-refractivity contribution is -0.141. The number of aromatic nitrogens is 1. The van der Waals surface area contributed by atoms with Gasteiger partial charge in [0.05, 0.1) is 12.3 Å². The molecule has 4 N–H and O–H groups in total. The Hall–Kier alpha value is -2.22. The monoisotopic (exact) mass is 219 g/mol. The van der Waals surface area contributed by atoms with Gasteiger partial charge < -0.3 is 16.2 Å². The summed E-state index contributed by atoms with van der Waals surface area (Å²) in [7, 11) is 0. The lowest BCUT2D eigenvalue weighted by Crippen LogP contribution is -2.01. The lowest BCUT2D eigenvalue weighted by Gasteiger charge is -1.98. The van der Waals surface area contributed by atoms with E-state index in [1.54, 1.807) is 13.0 Å². The van der Waals surface area contributed by atoms with Crippen LogP contribution in [0.15, 0.2) is 12.3 Å². The molecule has 0 bridgehead atoms. The quantitative estimate of drug-likeness (QED) is 0.560. The first-order chi connectivity index (χ1) is 7.63. The predicted molar refractivity (Wildman–Crippen MR) is 61.2 cm³/mol. The minimum Gasteiger partial charge on any atom is -0.465 e. The molecule has 1 aromatic rings. The molecule has 0 fully saturated rings. The van der Waals surface area contributed by atoms with E-state index < -0.39 is 0 Å². The van der Waals surface area contributed by atoms with Gasteiger partial charge in [0.15, 0.2) is 0 Å². The Labute approximate surface area is 93.8 Å². The molecule has 0 amide bonds. The number of carbonyl (C=O) groups is 1. The van der Waals surface area contributed by atoms with Gasteiger partial charge in [-0.25, -0.2) is 4.98 Å². The molecule has 5 nitrogen and oxygen atoms in total. The van der Waals surface area contributed by atoms with E-state index in [1.807, 2.05) is 0 Å². The third kappa shape index (κ3) is 3.50. The molecular weight excluding hydrogens is 206 g/mol. The molecular formula is C11H13N3O2. The van der Waals surface area contributed by atoms with Crippen LogP contribution >= 0.6 is 0 Å². The summed E-state index contributed by atoms with van der Waals surface area (Å²) in [6.07, 6.45) is 1.56. The molecule has 1 aromatic heterocycles. The van der Waals surface area contributed by atoms with E-state index in [2.05, 4.69) is 16.8 Å². The van der Waals surface area contributed by atoms with Crippen molar-refractivity contribution in [2.75, 3.05) is 18.1 Å². The minimum absolute atomic E-state index is 0.0537. The molecule has 16 heavy (non-hydrogen) atoms. The highest BCUT2D eigenvalue weighted by Gasteiger charge is 1.98. The Kier molecular flexibility index (Phi) is 4.16. The standard InChI is InChI=1S/C11H13N3O2/c1-2-16-10(15)5-3-4-8-6-9(12)11(13)14-7-8/h6-7H,2,5,12H2,1H3,(H2,13,14). The van der Waals surface area contributed by atoms with Gasteiger partial charge >= 0.3 is 5.97 Å². The van der Waals surface area contributed by atoms with Gasteiger partial charge in [-0.3, -0.25) is 4.79 Å². The maximum atomic E-state index is 11.0. The lowest BCUT2D eigenvalue weighted by atomic mass is 10.2. The summed E-state index contributed by atoms with van der Waals surface area (Å²) in [6.45, 7) is 2.10. The van der Waals surface area contributed by atoms with Crippen LogP contribution in [0.2, 0.25) is 0 Å². The number of hydrogen-bond donors (Lipinski definition) is 2. The number of ether oxygens (including phenoxy) is 1. The first-order valence-corrected chi connectivity index (χ1v) is 4.79. The Morgan fingerprint density at radius 3 is 2.94 bits per heavy atom. The van der Waals surface area contributed by atoms with E-state index in [1.165, 1.54) is 6.20 Å². The van der Waals surface area contributed by atoms with Gasteiger partial charge in [0.2, 0.25) is 0 Å². The molecule has 0 saturated carbocycles. The fourth-order valence-corrected chi connectivity index (χ4v) is 0.991. The van der Waals surface area contributed by atoms with E-state index in [9.17, 15) is 4.79 Å². The SMILES string of the molecule is CCOC(=O)CC#Cc1cnc(N)c(N)c1. The summed E-state index contributed by atoms with van der Waals surface area (Å²) in [6, 6.07) is 1.61. The van der Waals surface area contributed by atoms with Gasteiger partial charge in [-0.15, -0.1) is 0 Å². The van der Waals surface area contributed by atoms with Crippen molar-refractivity contribution < 1.29 is 9.53 Å². The topological polar surface area (TPSA) is 91.2 Å². The van der Waals surface area contributed by atoms with Crippen LogP contribution in [0.25, 0.3) is 0 Å². The van der Waals surface area contributed by atoms with Crippen LogP contribution in [0, 0.1) is 11.8 Å². The minimum atomic E-state index is -0.341. The third-order valence-corrected chi connectivity index (χ3v) is 1.72. The van der Waals surface area contributed by atoms with Crippen molar-refractivity contribution in [2.45, 2.75) is 13.3 Å². The number of carbonyl (C=O) groups excluding carboxylic acids is 1. The van der Waals surface area contributed by atoms with Crippen LogP contribution in [-0.2, 0) is 9.53 Å². The molecule has 1 heterocycles. The number of anilines is 2. The number of nitrogens with two attached hydrogens (primary N) is 2. The van der Waals surface area contributed by atoms with Gasteiger partial charge in [-0.1, -0.05) is 11.8 Å². The van der Waals surface area contributed by atoms with Gasteiger partial charge in [-0.05, 0) is 13.0 Å². The van der Waals surface area contributed by atoms with E-state index in [-0.39, 0.29) is 18.2 Å². The second kappa shape index (κ2) is 5.61. The van der Waals surface area contributed by atoms with Crippen molar-refractivity contribution in [2.24, 2.45) is 0 Å². The highest BCUT2D eigenvalue weighted by Crippen LogP contribution is 2.11. The maximum absolute atomic E-state index is 11.0. The zero-order valence-corrected chi connectivity index (χ0v) is 8.99. The molecule has 84 valence electrons. The summed E-state index contributed by atoms with van der Waals surface area (Å²) >= 11 is 0. The molecule has 0 atom stereocenters. The average molecular weight is 219 g/mol. The van der Waals surface area contributed by atoms with Gasteiger partial charge in [0.1, 0.15) is 12.2 Å². The summed E-state index contributed by atoms with van der Waals surface area (Å²) < 4.78 is 4.72. The van der Waals surface area contributed by atoms with Crippen LogP contribution in [0.4, 0.5) is 11.5 Å². The van der Waals surface area contributed by atoms with Crippen molar-refractivity contribution in [1.29, 1.82) is 0 Å². The van der Waals surface area contributed by atoms with Crippen LogP contribution in [0.5, 0.6) is 0 Å². The first kappa shape index (κ1) is 11.9. The van der Waals surface area contributed by atoms with Crippen molar-refractivity contribution in [3.63, 3.8) is 0 Å². The maximum Gasteiger partial charge on any atom is 0.317 e. The number of hydrogen-bond acceptors (Lipinski definition) is 5. The normalized spacial score (nSPS) is 9.06. The predicted octanol–water partition coefficient (Wildman–Crippen LogP) is 0.551. The van der Waals surface area contributed by atoms with Gasteiger partial charge in [-0.2, -0.15) is 0 Å². The molecule has 0 radical (unpaired) electrons. The van der Waals surface area contributed by atoms with Crippen molar-refractivity contribution >= 4 is 17.5 Å². The summed E-state index contributed by atoms with van der Waals surface area (Å²) in [5.74, 6) is 5.36. The van der Waals surface area contributed by atoms with Gasteiger partial charge in [0, 0.05) is 11.8 Å². The van der Waals surface area contributed by atoms with E-state index in [0.717, 1.165) is 0 Å². The Morgan fingerprint density at radius 1 is 1.56 bits per heavy atom. The number of nitrogen functional groups attached to an aromatic ring is 2. The van der Waals surface area contributed by atoms with Crippen LogP contribution in [0.1, 0.15) is 18.9 Å². The largest absolute Gasteiger partial charge is 0.465 e. The van der Waals surface area contributed by atoms with E-state index in [4.69, 9.17) is 16.2 Å². The number of pyridine rings is 1. The average Bonchev–Trinajstić information content (AvgIpc) is 2.24. The summed E-state index contributed by atoms with van der Waals surface area (Å²) in [5, 5.41) is 0. The van der Waals surface area contributed by atoms with Crippen molar-refractivity contribution in [3.8, 4) is 11.8 Å². The van der Waals surface area contributed by atoms with E-state index >= 15 is 0 Å². The highest BCUT2D eigenvalue weighted by molar-refractivity contribution is 5.72. The molecule has 5 heteroatoms. The van der Waals surface area contributed by atoms with Crippen molar-refractivity contribution in [1.82, 2.24) is 4.98 Å². The van der Waals surface area contributed by atoms with Gasteiger partial charge in [0.25, 0.3) is 0 Å². The molecule has 0 aromatic carbocycles. The van der Waals surface area contributed by atoms with E-state index in [0.29, 0.717) is 17.9 Å². The zero-order chi connectivity index (χ0) is 12.0. The molecule has 1 rings (SSSR count). The number of nitrogens with zero attached hydrogens (tertiary/aromatic N) is 1. The highest BCUT2D eigenvalue weighted by atomic mass is 16.5. The first-order valence-electron chi connectivity index (χ1n) is 4.79. The second-order valence-corrected chi connectivity index (χ2v) is 2.98. The fourth-order valence-electron chi connectivity index (χ4n) is 0.991. The van der Waals surface area contributed by atoms with Crippen LogP contribution in [0.3, 0.4) is 0 Å². The zero-order valence-electron chi connectivity index (χ0n) is 8.99. The Balaban J connectivity index is 2.63. The molecule has 0 unspecified atom stereocenters. The summed E-state index contributed by atoms with van der Waals surface area (Å²) in [5.41, 5.74) is 12.0. The summed E-state index contributed by atoms with van der Waals surface area (Å²) in [4.78, 5) is 14.8. The molecule has 0 aliphatic rings.